The van der Waals surface area contributed by atoms with Gasteiger partial charge in [0.2, 0.25) is 0 Å². The minimum atomic E-state index is -0.305. The molecule has 0 aromatic heterocycles. The molecule has 3 atom stereocenters. The lowest BCUT2D eigenvalue weighted by atomic mass is 9.67. The molecule has 1 N–H and O–H groups in total. The zero-order valence-corrected chi connectivity index (χ0v) is 10.6. The number of hydrogen-bond acceptors (Lipinski definition) is 1. The predicted molar refractivity (Wildman–Crippen MR) is 65.1 cm³/mol. The molecule has 0 radical (unpaired) electrons. The fourth-order valence-electron chi connectivity index (χ4n) is 2.67. The van der Waals surface area contributed by atoms with Gasteiger partial charge in [-0.2, -0.15) is 0 Å². The molecule has 94 valence electrons. The average Bonchev–Trinajstić information content (AvgIpc) is 2.29. The molecule has 3 heteroatoms. The highest BCUT2D eigenvalue weighted by molar-refractivity contribution is 5.30. The number of aryl methyl sites for hydroxylation is 1. The molecular weight excluding hydrogens is 220 g/mol. The Bertz CT molecular complexity index is 417. The van der Waals surface area contributed by atoms with Crippen molar-refractivity contribution in [1.82, 2.24) is 5.32 Å². The van der Waals surface area contributed by atoms with E-state index in [1.807, 2.05) is 0 Å². The number of nitrogens with one attached hydrogen (secondary N) is 1. The Hall–Kier alpha value is -0.960. The van der Waals surface area contributed by atoms with Crippen molar-refractivity contribution in [2.45, 2.75) is 39.2 Å². The second-order valence-corrected chi connectivity index (χ2v) is 4.99. The minimum Gasteiger partial charge on any atom is -0.314 e. The van der Waals surface area contributed by atoms with Gasteiger partial charge in [-0.1, -0.05) is 13.8 Å². The molecule has 1 aliphatic rings. The summed E-state index contributed by atoms with van der Waals surface area (Å²) in [5, 5.41) is 3.36. The summed E-state index contributed by atoms with van der Waals surface area (Å²) >= 11 is 0. The van der Waals surface area contributed by atoms with Crippen LogP contribution in [0.2, 0.25) is 0 Å². The molecule has 1 nitrogen and oxygen atoms in total. The maximum Gasteiger partial charge on any atom is 0.127 e. The zero-order valence-electron chi connectivity index (χ0n) is 10.6. The highest BCUT2D eigenvalue weighted by atomic mass is 19.1. The van der Waals surface area contributed by atoms with E-state index >= 15 is 0 Å². The van der Waals surface area contributed by atoms with Crippen LogP contribution in [0.15, 0.2) is 12.1 Å². The van der Waals surface area contributed by atoms with Crippen LogP contribution in [0, 0.1) is 24.5 Å². The first kappa shape index (κ1) is 12.5. The van der Waals surface area contributed by atoms with Crippen molar-refractivity contribution in [3.8, 4) is 0 Å². The van der Waals surface area contributed by atoms with Crippen molar-refractivity contribution in [2.75, 3.05) is 6.54 Å². The van der Waals surface area contributed by atoms with Crippen LogP contribution in [0.25, 0.3) is 0 Å². The Morgan fingerprint density at radius 3 is 2.59 bits per heavy atom. The molecule has 1 fully saturated rings. The van der Waals surface area contributed by atoms with E-state index < -0.39 is 0 Å². The summed E-state index contributed by atoms with van der Waals surface area (Å²) < 4.78 is 27.3. The van der Waals surface area contributed by atoms with Gasteiger partial charge in [-0.3, -0.25) is 0 Å². The van der Waals surface area contributed by atoms with Crippen molar-refractivity contribution in [3.05, 3.63) is 34.9 Å². The standard InChI is InChI=1S/C14H19F2N/c1-4-17-14-7-10(9(14)3)11-6-12(15)8(2)5-13(11)16/h5-6,9-10,14,17H,4,7H2,1-3H3. The molecule has 0 bridgehead atoms. The molecule has 0 heterocycles. The summed E-state index contributed by atoms with van der Waals surface area (Å²) in [6.07, 6.45) is 0.897. The minimum absolute atomic E-state index is 0.147. The molecule has 3 unspecified atom stereocenters. The Morgan fingerprint density at radius 1 is 1.29 bits per heavy atom. The Morgan fingerprint density at radius 2 is 2.00 bits per heavy atom. The van der Waals surface area contributed by atoms with Crippen LogP contribution in [0.5, 0.6) is 0 Å². The van der Waals surface area contributed by atoms with E-state index in [0.29, 0.717) is 23.1 Å². The van der Waals surface area contributed by atoms with Crippen molar-refractivity contribution in [3.63, 3.8) is 0 Å². The fraction of sp³-hybridized carbons (Fsp3) is 0.571. The topological polar surface area (TPSA) is 12.0 Å². The van der Waals surface area contributed by atoms with Crippen LogP contribution >= 0.6 is 0 Å². The predicted octanol–water partition coefficient (Wildman–Crippen LogP) is 3.37. The zero-order chi connectivity index (χ0) is 12.6. The third-order valence-electron chi connectivity index (χ3n) is 3.92. The van der Waals surface area contributed by atoms with Crippen molar-refractivity contribution in [2.24, 2.45) is 5.92 Å². The first-order valence-electron chi connectivity index (χ1n) is 6.23. The van der Waals surface area contributed by atoms with E-state index in [2.05, 4.69) is 19.2 Å². The summed E-state index contributed by atoms with van der Waals surface area (Å²) in [4.78, 5) is 0. The van der Waals surface area contributed by atoms with Gasteiger partial charge in [0.15, 0.2) is 0 Å². The monoisotopic (exact) mass is 239 g/mol. The molecule has 0 saturated heterocycles. The molecule has 2 rings (SSSR count). The van der Waals surface area contributed by atoms with Gasteiger partial charge in [0.25, 0.3) is 0 Å². The van der Waals surface area contributed by atoms with E-state index in [1.165, 1.54) is 12.1 Å². The van der Waals surface area contributed by atoms with Crippen LogP contribution in [-0.4, -0.2) is 12.6 Å². The highest BCUT2D eigenvalue weighted by Gasteiger charge is 2.39. The summed E-state index contributed by atoms with van der Waals surface area (Å²) in [7, 11) is 0. The van der Waals surface area contributed by atoms with E-state index in [-0.39, 0.29) is 17.6 Å². The average molecular weight is 239 g/mol. The second-order valence-electron chi connectivity index (χ2n) is 4.99. The normalized spacial score (nSPS) is 27.9. The third kappa shape index (κ3) is 2.21. The molecule has 0 spiro atoms. The van der Waals surface area contributed by atoms with Gasteiger partial charge in [0, 0.05) is 6.04 Å². The van der Waals surface area contributed by atoms with Gasteiger partial charge in [0.05, 0.1) is 0 Å². The van der Waals surface area contributed by atoms with Gasteiger partial charge >= 0.3 is 0 Å². The van der Waals surface area contributed by atoms with Crippen molar-refractivity contribution >= 4 is 0 Å². The van der Waals surface area contributed by atoms with Crippen LogP contribution in [0.1, 0.15) is 37.3 Å². The Kier molecular flexibility index (Phi) is 3.48. The Labute approximate surface area is 101 Å². The third-order valence-corrected chi connectivity index (χ3v) is 3.92. The van der Waals surface area contributed by atoms with Crippen molar-refractivity contribution in [1.29, 1.82) is 0 Å². The molecule has 1 saturated carbocycles. The van der Waals surface area contributed by atoms with Crippen LogP contribution < -0.4 is 5.32 Å². The van der Waals surface area contributed by atoms with E-state index in [1.54, 1.807) is 6.92 Å². The van der Waals surface area contributed by atoms with E-state index in [4.69, 9.17) is 0 Å². The lowest BCUT2D eigenvalue weighted by Crippen LogP contribution is -2.47. The molecule has 0 aliphatic heterocycles. The fourth-order valence-corrected chi connectivity index (χ4v) is 2.67. The van der Waals surface area contributed by atoms with Gasteiger partial charge in [-0.25, -0.2) is 8.78 Å². The summed E-state index contributed by atoms with van der Waals surface area (Å²) in [5.41, 5.74) is 0.913. The SMILES string of the molecule is CCNC1CC(c2cc(F)c(C)cc2F)C1C. The molecule has 17 heavy (non-hydrogen) atoms. The van der Waals surface area contributed by atoms with E-state index in [0.717, 1.165) is 13.0 Å². The summed E-state index contributed by atoms with van der Waals surface area (Å²) in [6, 6.07) is 3.11. The van der Waals surface area contributed by atoms with Crippen LogP contribution in [0.3, 0.4) is 0 Å². The summed E-state index contributed by atoms with van der Waals surface area (Å²) in [5.74, 6) is -0.0584. The quantitative estimate of drug-likeness (QED) is 0.852. The van der Waals surface area contributed by atoms with Gasteiger partial charge in [-0.05, 0) is 55.0 Å². The number of rotatable bonds is 3. The van der Waals surface area contributed by atoms with Crippen LogP contribution in [-0.2, 0) is 0 Å². The first-order valence-corrected chi connectivity index (χ1v) is 6.23. The maximum absolute atomic E-state index is 13.8. The molecule has 0 amide bonds. The smallest absolute Gasteiger partial charge is 0.127 e. The first-order chi connectivity index (χ1) is 8.04. The second kappa shape index (κ2) is 4.73. The maximum atomic E-state index is 13.8. The lowest BCUT2D eigenvalue weighted by molar-refractivity contribution is 0.183. The molecule has 1 aliphatic carbocycles. The largest absolute Gasteiger partial charge is 0.314 e. The Balaban J connectivity index is 2.17. The highest BCUT2D eigenvalue weighted by Crippen LogP contribution is 2.43. The van der Waals surface area contributed by atoms with Crippen molar-refractivity contribution < 1.29 is 8.78 Å². The lowest BCUT2D eigenvalue weighted by Gasteiger charge is -2.43. The van der Waals surface area contributed by atoms with Crippen LogP contribution in [0.4, 0.5) is 8.78 Å². The van der Waals surface area contributed by atoms with Gasteiger partial charge in [0.1, 0.15) is 11.6 Å². The van der Waals surface area contributed by atoms with E-state index in [9.17, 15) is 8.78 Å². The number of benzene rings is 1. The van der Waals surface area contributed by atoms with Gasteiger partial charge in [-0.15, -0.1) is 0 Å². The molecular formula is C14H19F2N. The number of hydrogen-bond donors (Lipinski definition) is 1. The van der Waals surface area contributed by atoms with Gasteiger partial charge < -0.3 is 5.32 Å². The summed E-state index contributed by atoms with van der Waals surface area (Å²) in [6.45, 7) is 6.67. The number of halogens is 2. The molecule has 1 aromatic carbocycles. The molecule has 1 aromatic rings.